The van der Waals surface area contributed by atoms with E-state index in [9.17, 15) is 9.59 Å². The summed E-state index contributed by atoms with van der Waals surface area (Å²) in [4.78, 5) is 24.7. The van der Waals surface area contributed by atoms with Gasteiger partial charge in [0.15, 0.2) is 0 Å². The SMILES string of the molecule is CC(C)CC(=O)Nc1ccc(CC(=O)N(C)C)cc1. The zero-order chi connectivity index (χ0) is 14.4. The van der Waals surface area contributed by atoms with Crippen LogP contribution in [0.4, 0.5) is 5.69 Å². The third-order valence-electron chi connectivity index (χ3n) is 2.69. The number of carbonyl (C=O) groups is 2. The smallest absolute Gasteiger partial charge is 0.226 e. The molecule has 2 amide bonds. The number of hydrogen-bond acceptors (Lipinski definition) is 2. The van der Waals surface area contributed by atoms with Crippen LogP contribution in [0, 0.1) is 5.92 Å². The minimum absolute atomic E-state index is 0.0205. The molecular weight excluding hydrogens is 240 g/mol. The van der Waals surface area contributed by atoms with E-state index in [4.69, 9.17) is 0 Å². The van der Waals surface area contributed by atoms with Crippen molar-refractivity contribution in [3.05, 3.63) is 29.8 Å². The number of carbonyl (C=O) groups excluding carboxylic acids is 2. The maximum Gasteiger partial charge on any atom is 0.226 e. The van der Waals surface area contributed by atoms with Crippen molar-refractivity contribution >= 4 is 17.5 Å². The molecule has 1 aromatic rings. The van der Waals surface area contributed by atoms with Gasteiger partial charge in [-0.1, -0.05) is 26.0 Å². The lowest BCUT2D eigenvalue weighted by atomic mass is 10.1. The molecule has 0 saturated carbocycles. The van der Waals surface area contributed by atoms with Gasteiger partial charge in [0, 0.05) is 26.2 Å². The molecule has 0 heterocycles. The number of benzene rings is 1. The molecule has 104 valence electrons. The van der Waals surface area contributed by atoms with Gasteiger partial charge in [-0.15, -0.1) is 0 Å². The number of nitrogens with zero attached hydrogens (tertiary/aromatic N) is 1. The van der Waals surface area contributed by atoms with Gasteiger partial charge in [-0.3, -0.25) is 9.59 Å². The number of rotatable bonds is 5. The van der Waals surface area contributed by atoms with Crippen LogP contribution in [0.25, 0.3) is 0 Å². The van der Waals surface area contributed by atoms with Gasteiger partial charge >= 0.3 is 0 Å². The Kier molecular flexibility index (Phi) is 5.55. The maximum absolute atomic E-state index is 11.6. The standard InChI is InChI=1S/C15H22N2O2/c1-11(2)9-14(18)16-13-7-5-12(6-8-13)10-15(19)17(3)4/h5-8,11H,9-10H2,1-4H3,(H,16,18). The first-order valence-corrected chi connectivity index (χ1v) is 6.47. The Hall–Kier alpha value is -1.84. The Morgan fingerprint density at radius 2 is 1.74 bits per heavy atom. The first-order valence-electron chi connectivity index (χ1n) is 6.47. The van der Waals surface area contributed by atoms with Crippen molar-refractivity contribution in [2.24, 2.45) is 5.92 Å². The van der Waals surface area contributed by atoms with Crippen LogP contribution >= 0.6 is 0 Å². The molecule has 1 rings (SSSR count). The van der Waals surface area contributed by atoms with Gasteiger partial charge in [-0.2, -0.15) is 0 Å². The minimum Gasteiger partial charge on any atom is -0.349 e. The van der Waals surface area contributed by atoms with Crippen LogP contribution in [0.2, 0.25) is 0 Å². The van der Waals surface area contributed by atoms with Gasteiger partial charge in [0.1, 0.15) is 0 Å². The fraction of sp³-hybridized carbons (Fsp3) is 0.467. The highest BCUT2D eigenvalue weighted by Crippen LogP contribution is 2.12. The third kappa shape index (κ3) is 5.55. The highest BCUT2D eigenvalue weighted by atomic mass is 16.2. The Balaban J connectivity index is 2.57. The van der Waals surface area contributed by atoms with Gasteiger partial charge in [-0.25, -0.2) is 0 Å². The second kappa shape index (κ2) is 6.92. The Morgan fingerprint density at radius 1 is 1.16 bits per heavy atom. The number of likely N-dealkylation sites (N-methyl/N-ethyl adjacent to an activating group) is 1. The van der Waals surface area contributed by atoms with E-state index < -0.39 is 0 Å². The van der Waals surface area contributed by atoms with Gasteiger partial charge in [0.05, 0.1) is 6.42 Å². The summed E-state index contributed by atoms with van der Waals surface area (Å²) >= 11 is 0. The van der Waals surface area contributed by atoms with E-state index in [1.807, 2.05) is 38.1 Å². The summed E-state index contributed by atoms with van der Waals surface area (Å²) in [6.07, 6.45) is 0.897. The number of anilines is 1. The monoisotopic (exact) mass is 262 g/mol. The van der Waals surface area contributed by atoms with E-state index in [1.54, 1.807) is 19.0 Å². The van der Waals surface area contributed by atoms with Crippen LogP contribution in [0.5, 0.6) is 0 Å². The summed E-state index contributed by atoms with van der Waals surface area (Å²) in [5.41, 5.74) is 1.72. The molecular formula is C15H22N2O2. The third-order valence-corrected chi connectivity index (χ3v) is 2.69. The van der Waals surface area contributed by atoms with Gasteiger partial charge in [-0.05, 0) is 23.6 Å². The zero-order valence-electron chi connectivity index (χ0n) is 12.1. The largest absolute Gasteiger partial charge is 0.349 e. The van der Waals surface area contributed by atoms with Crippen molar-refractivity contribution in [1.82, 2.24) is 4.90 Å². The molecule has 0 aliphatic heterocycles. The molecule has 0 spiro atoms. The molecule has 1 N–H and O–H groups in total. The molecule has 4 nitrogen and oxygen atoms in total. The van der Waals surface area contributed by atoms with Gasteiger partial charge < -0.3 is 10.2 Å². The molecule has 19 heavy (non-hydrogen) atoms. The molecule has 1 aromatic carbocycles. The Labute approximate surface area is 114 Å². The summed E-state index contributed by atoms with van der Waals surface area (Å²) < 4.78 is 0. The molecule has 0 bridgehead atoms. The number of amides is 2. The van der Waals surface area contributed by atoms with Crippen LogP contribution in [0.15, 0.2) is 24.3 Å². The second-order valence-corrected chi connectivity index (χ2v) is 5.31. The molecule has 0 unspecified atom stereocenters. The van der Waals surface area contributed by atoms with E-state index in [-0.39, 0.29) is 11.8 Å². The molecule has 0 aliphatic rings. The Bertz CT molecular complexity index is 436. The lowest BCUT2D eigenvalue weighted by Gasteiger charge is -2.11. The van der Waals surface area contributed by atoms with Crippen molar-refractivity contribution in [3.63, 3.8) is 0 Å². The average molecular weight is 262 g/mol. The van der Waals surface area contributed by atoms with Crippen molar-refractivity contribution in [2.45, 2.75) is 26.7 Å². The quantitative estimate of drug-likeness (QED) is 0.885. The van der Waals surface area contributed by atoms with Crippen LogP contribution < -0.4 is 5.32 Å². The maximum atomic E-state index is 11.6. The van der Waals surface area contributed by atoms with Gasteiger partial charge in [0.25, 0.3) is 0 Å². The fourth-order valence-electron chi connectivity index (χ4n) is 1.62. The lowest BCUT2D eigenvalue weighted by molar-refractivity contribution is -0.128. The van der Waals surface area contributed by atoms with E-state index in [0.29, 0.717) is 18.8 Å². The minimum atomic E-state index is 0.0205. The first kappa shape index (κ1) is 15.2. The normalized spacial score (nSPS) is 10.4. The number of nitrogens with one attached hydrogen (secondary N) is 1. The molecule has 0 saturated heterocycles. The molecule has 4 heteroatoms. The summed E-state index contributed by atoms with van der Waals surface area (Å²) in [7, 11) is 3.48. The molecule has 0 aromatic heterocycles. The summed E-state index contributed by atoms with van der Waals surface area (Å²) in [6.45, 7) is 4.02. The van der Waals surface area contributed by atoms with Gasteiger partial charge in [0.2, 0.25) is 11.8 Å². The highest BCUT2D eigenvalue weighted by molar-refractivity contribution is 5.90. The van der Waals surface area contributed by atoms with E-state index >= 15 is 0 Å². The van der Waals surface area contributed by atoms with E-state index in [2.05, 4.69) is 5.32 Å². The summed E-state index contributed by atoms with van der Waals surface area (Å²) in [5, 5.41) is 2.84. The van der Waals surface area contributed by atoms with Crippen LogP contribution in [-0.4, -0.2) is 30.8 Å². The first-order chi connectivity index (χ1) is 8.88. The van der Waals surface area contributed by atoms with Crippen molar-refractivity contribution in [3.8, 4) is 0 Å². The average Bonchev–Trinajstić information content (AvgIpc) is 2.30. The van der Waals surface area contributed by atoms with Crippen molar-refractivity contribution < 1.29 is 9.59 Å². The predicted octanol–water partition coefficient (Wildman–Crippen LogP) is 2.30. The number of hydrogen-bond donors (Lipinski definition) is 1. The summed E-state index contributed by atoms with van der Waals surface area (Å²) in [5.74, 6) is 0.431. The van der Waals surface area contributed by atoms with Crippen molar-refractivity contribution in [1.29, 1.82) is 0 Å². The van der Waals surface area contributed by atoms with Crippen LogP contribution in [0.3, 0.4) is 0 Å². The predicted molar refractivity (Wildman–Crippen MR) is 76.9 cm³/mol. The zero-order valence-corrected chi connectivity index (χ0v) is 12.1. The lowest BCUT2D eigenvalue weighted by Crippen LogP contribution is -2.23. The summed E-state index contributed by atoms with van der Waals surface area (Å²) in [6, 6.07) is 7.39. The van der Waals surface area contributed by atoms with E-state index in [1.165, 1.54) is 0 Å². The van der Waals surface area contributed by atoms with E-state index in [0.717, 1.165) is 11.3 Å². The van der Waals surface area contributed by atoms with Crippen LogP contribution in [0.1, 0.15) is 25.8 Å². The molecule has 0 atom stereocenters. The topological polar surface area (TPSA) is 49.4 Å². The van der Waals surface area contributed by atoms with Crippen LogP contribution in [-0.2, 0) is 16.0 Å². The Morgan fingerprint density at radius 3 is 2.21 bits per heavy atom. The molecule has 0 aliphatic carbocycles. The van der Waals surface area contributed by atoms with Crippen molar-refractivity contribution in [2.75, 3.05) is 19.4 Å². The fourth-order valence-corrected chi connectivity index (χ4v) is 1.62. The second-order valence-electron chi connectivity index (χ2n) is 5.31. The highest BCUT2D eigenvalue weighted by Gasteiger charge is 2.07. The molecule has 0 radical (unpaired) electrons. The molecule has 0 fully saturated rings.